The zero-order chi connectivity index (χ0) is 5.11. The quantitative estimate of drug-likeness (QED) is 0.479. The summed E-state index contributed by atoms with van der Waals surface area (Å²) in [6, 6.07) is 0. The number of rotatable bonds is 1. The molecule has 0 aliphatic rings. The first kappa shape index (κ1) is 4.33. The maximum atomic E-state index is 5.24. The van der Waals surface area contributed by atoms with Gasteiger partial charge in [0.1, 0.15) is 6.20 Å². The summed E-state index contributed by atoms with van der Waals surface area (Å²) < 4.78 is 0. The number of hydrogen-bond donors (Lipinski definition) is 2. The fraction of sp³-hybridized carbons (Fsp3) is 0.250. The van der Waals surface area contributed by atoms with Crippen molar-refractivity contribution in [1.29, 1.82) is 0 Å². The van der Waals surface area contributed by atoms with Crippen LogP contribution in [0.3, 0.4) is 0 Å². The maximum Gasteiger partial charge on any atom is 0.239 e. The molecule has 0 bridgehead atoms. The molecular formula is C4H8N3+. The summed E-state index contributed by atoms with van der Waals surface area (Å²) in [5, 5.41) is 0. The maximum absolute atomic E-state index is 5.24. The van der Waals surface area contributed by atoms with Gasteiger partial charge in [-0.25, -0.2) is 4.98 Å². The molecular weight excluding hydrogens is 90.1 g/mol. The van der Waals surface area contributed by atoms with E-state index in [-0.39, 0.29) is 0 Å². The van der Waals surface area contributed by atoms with Crippen LogP contribution < -0.4 is 10.7 Å². The lowest BCUT2D eigenvalue weighted by molar-refractivity contribution is -0.376. The highest BCUT2D eigenvalue weighted by atomic mass is 14.9. The van der Waals surface area contributed by atoms with Crippen LogP contribution in [0.4, 0.5) is 0 Å². The predicted molar refractivity (Wildman–Crippen MR) is 25.2 cm³/mol. The Hall–Kier alpha value is -0.830. The Bertz CT molecular complexity index is 121. The van der Waals surface area contributed by atoms with Crippen LogP contribution in [0.1, 0.15) is 5.69 Å². The summed E-state index contributed by atoms with van der Waals surface area (Å²) >= 11 is 0. The van der Waals surface area contributed by atoms with E-state index < -0.39 is 0 Å². The van der Waals surface area contributed by atoms with Crippen LogP contribution in [-0.4, -0.2) is 4.98 Å². The number of nitrogens with two attached hydrogens (primary N) is 1. The minimum atomic E-state index is 0.573. The van der Waals surface area contributed by atoms with E-state index in [0.717, 1.165) is 5.69 Å². The minimum Gasteiger partial charge on any atom is -0.323 e. The second kappa shape index (κ2) is 1.75. The molecule has 0 saturated heterocycles. The molecule has 0 spiro atoms. The first-order valence-electron chi connectivity index (χ1n) is 2.17. The van der Waals surface area contributed by atoms with Gasteiger partial charge in [0.25, 0.3) is 0 Å². The summed E-state index contributed by atoms with van der Waals surface area (Å²) in [7, 11) is 0. The van der Waals surface area contributed by atoms with Gasteiger partial charge in [0.2, 0.25) is 6.33 Å². The molecule has 1 rings (SSSR count). The number of H-pyrrole nitrogens is 2. The Kier molecular flexibility index (Phi) is 1.08. The minimum absolute atomic E-state index is 0.573. The van der Waals surface area contributed by atoms with Gasteiger partial charge in [0.05, 0.1) is 6.54 Å². The van der Waals surface area contributed by atoms with E-state index >= 15 is 0 Å². The standard InChI is InChI=1S/C4H7N3/c5-1-4-2-6-3-7-4/h2-3H,1,5H2,(H,6,7)/p+1. The number of aromatic amines is 2. The van der Waals surface area contributed by atoms with E-state index in [1.807, 2.05) is 6.20 Å². The molecule has 0 aliphatic carbocycles. The molecule has 1 aromatic rings. The molecule has 0 saturated carbocycles. The summed E-state index contributed by atoms with van der Waals surface area (Å²) in [6.45, 7) is 0.573. The molecule has 3 heteroatoms. The number of hydrogen-bond acceptors (Lipinski definition) is 1. The molecule has 0 radical (unpaired) electrons. The smallest absolute Gasteiger partial charge is 0.239 e. The zero-order valence-corrected chi connectivity index (χ0v) is 3.94. The summed E-state index contributed by atoms with van der Waals surface area (Å²) in [6.07, 6.45) is 3.57. The number of aromatic nitrogens is 2. The van der Waals surface area contributed by atoms with Gasteiger partial charge in [-0.15, -0.1) is 0 Å². The number of nitrogens with one attached hydrogen (secondary N) is 2. The monoisotopic (exact) mass is 98.1 g/mol. The fourth-order valence-corrected chi connectivity index (χ4v) is 0.436. The third-order valence-corrected chi connectivity index (χ3v) is 0.818. The number of imidazole rings is 1. The normalized spacial score (nSPS) is 9.29. The first-order chi connectivity index (χ1) is 3.43. The molecule has 7 heavy (non-hydrogen) atoms. The Morgan fingerprint density at radius 3 is 3.00 bits per heavy atom. The SMILES string of the molecule is NCc1c[nH+]c[nH]1. The Labute approximate surface area is 41.6 Å². The molecule has 1 aromatic heterocycles. The van der Waals surface area contributed by atoms with E-state index in [1.165, 1.54) is 0 Å². The summed E-state index contributed by atoms with van der Waals surface area (Å²) in [4.78, 5) is 5.75. The van der Waals surface area contributed by atoms with E-state index in [4.69, 9.17) is 5.73 Å². The highest BCUT2D eigenvalue weighted by Gasteiger charge is 1.90. The van der Waals surface area contributed by atoms with Crippen LogP contribution in [0, 0.1) is 0 Å². The predicted octanol–water partition coefficient (Wildman–Crippen LogP) is -0.713. The lowest BCUT2D eigenvalue weighted by atomic mass is 10.5. The van der Waals surface area contributed by atoms with Crippen LogP contribution in [0.5, 0.6) is 0 Å². The average Bonchev–Trinajstić information content (AvgIpc) is 2.14. The van der Waals surface area contributed by atoms with Gasteiger partial charge in [-0.05, 0) is 0 Å². The third kappa shape index (κ3) is 0.778. The molecule has 0 unspecified atom stereocenters. The van der Waals surface area contributed by atoms with Gasteiger partial charge in [-0.1, -0.05) is 0 Å². The zero-order valence-electron chi connectivity index (χ0n) is 3.94. The van der Waals surface area contributed by atoms with Crippen molar-refractivity contribution in [3.63, 3.8) is 0 Å². The van der Waals surface area contributed by atoms with Crippen molar-refractivity contribution in [2.75, 3.05) is 0 Å². The van der Waals surface area contributed by atoms with Crippen molar-refractivity contribution in [1.82, 2.24) is 4.98 Å². The first-order valence-corrected chi connectivity index (χ1v) is 2.17. The van der Waals surface area contributed by atoms with E-state index in [0.29, 0.717) is 6.54 Å². The second-order valence-electron chi connectivity index (χ2n) is 1.33. The van der Waals surface area contributed by atoms with Gasteiger partial charge in [0.15, 0.2) is 5.69 Å². The highest BCUT2D eigenvalue weighted by Crippen LogP contribution is 1.79. The lowest BCUT2D eigenvalue weighted by Gasteiger charge is -1.73. The molecule has 0 atom stereocenters. The van der Waals surface area contributed by atoms with E-state index in [9.17, 15) is 0 Å². The lowest BCUT2D eigenvalue weighted by Crippen LogP contribution is -1.96. The van der Waals surface area contributed by atoms with Crippen LogP contribution in [0.15, 0.2) is 12.5 Å². The van der Waals surface area contributed by atoms with Crippen molar-refractivity contribution in [3.8, 4) is 0 Å². The molecule has 38 valence electrons. The van der Waals surface area contributed by atoms with Gasteiger partial charge in [0, 0.05) is 0 Å². The summed E-state index contributed by atoms with van der Waals surface area (Å²) in [5.74, 6) is 0. The Morgan fingerprint density at radius 1 is 1.86 bits per heavy atom. The molecule has 0 amide bonds. The molecule has 4 N–H and O–H groups in total. The average molecular weight is 98.1 g/mol. The van der Waals surface area contributed by atoms with Crippen LogP contribution in [0.25, 0.3) is 0 Å². The highest BCUT2D eigenvalue weighted by molar-refractivity contribution is 4.86. The van der Waals surface area contributed by atoms with Gasteiger partial charge >= 0.3 is 0 Å². The van der Waals surface area contributed by atoms with Crippen molar-refractivity contribution in [3.05, 3.63) is 18.2 Å². The van der Waals surface area contributed by atoms with Crippen molar-refractivity contribution >= 4 is 0 Å². The molecule has 1 heterocycles. The van der Waals surface area contributed by atoms with Crippen LogP contribution >= 0.6 is 0 Å². The van der Waals surface area contributed by atoms with Gasteiger partial charge in [-0.3, -0.25) is 4.98 Å². The van der Waals surface area contributed by atoms with Crippen LogP contribution in [0.2, 0.25) is 0 Å². The molecule has 0 aromatic carbocycles. The van der Waals surface area contributed by atoms with E-state index in [1.54, 1.807) is 6.33 Å². The van der Waals surface area contributed by atoms with Gasteiger partial charge < -0.3 is 5.73 Å². The molecule has 0 aliphatic heterocycles. The largest absolute Gasteiger partial charge is 0.323 e. The van der Waals surface area contributed by atoms with Crippen molar-refractivity contribution in [2.45, 2.75) is 6.54 Å². The Balaban J connectivity index is 2.76. The molecule has 0 fully saturated rings. The molecule has 3 nitrogen and oxygen atoms in total. The topological polar surface area (TPSA) is 55.9 Å². The Morgan fingerprint density at radius 2 is 2.71 bits per heavy atom. The van der Waals surface area contributed by atoms with Crippen molar-refractivity contribution in [2.24, 2.45) is 5.73 Å². The third-order valence-electron chi connectivity index (χ3n) is 0.818. The van der Waals surface area contributed by atoms with Gasteiger partial charge in [-0.2, -0.15) is 0 Å². The fourth-order valence-electron chi connectivity index (χ4n) is 0.436. The second-order valence-corrected chi connectivity index (χ2v) is 1.33. The van der Waals surface area contributed by atoms with Crippen LogP contribution in [-0.2, 0) is 6.54 Å². The summed E-state index contributed by atoms with van der Waals surface area (Å²) in [5.41, 5.74) is 6.27. The van der Waals surface area contributed by atoms with E-state index in [2.05, 4.69) is 9.97 Å². The van der Waals surface area contributed by atoms with Crippen molar-refractivity contribution < 1.29 is 4.98 Å².